The summed E-state index contributed by atoms with van der Waals surface area (Å²) in [5, 5.41) is 0. The number of furan rings is 1. The molecule has 0 atom stereocenters. The third kappa shape index (κ3) is 3.07. The summed E-state index contributed by atoms with van der Waals surface area (Å²) in [7, 11) is 1.57. The predicted molar refractivity (Wildman–Crippen MR) is 86.5 cm³/mol. The SMILES string of the molecule is CN1CC(=C(S)c2cc(Cc3ccc(F)cc3)co2)C(=O)C1=O. The topological polar surface area (TPSA) is 50.5 Å². The molecule has 1 amide bonds. The van der Waals surface area contributed by atoms with E-state index in [0.29, 0.717) is 22.7 Å². The third-order valence-electron chi connectivity index (χ3n) is 3.70. The molecule has 23 heavy (non-hydrogen) atoms. The van der Waals surface area contributed by atoms with E-state index in [4.69, 9.17) is 4.42 Å². The standard InChI is InChI=1S/C17H14FNO3S/c1-19-8-13(15(20)17(19)21)16(23)14-7-11(9-22-14)6-10-2-4-12(18)5-3-10/h2-5,7,9,23H,6,8H2,1H3. The summed E-state index contributed by atoms with van der Waals surface area (Å²) < 4.78 is 18.4. The fourth-order valence-electron chi connectivity index (χ4n) is 2.44. The Labute approximate surface area is 138 Å². The molecule has 0 bridgehead atoms. The minimum atomic E-state index is -0.547. The van der Waals surface area contributed by atoms with Crippen molar-refractivity contribution in [2.75, 3.05) is 13.6 Å². The zero-order valence-corrected chi connectivity index (χ0v) is 13.3. The maximum absolute atomic E-state index is 12.9. The molecule has 118 valence electrons. The smallest absolute Gasteiger partial charge is 0.294 e. The van der Waals surface area contributed by atoms with Crippen molar-refractivity contribution in [3.8, 4) is 0 Å². The fraction of sp³-hybridized carbons (Fsp3) is 0.176. The van der Waals surface area contributed by atoms with Gasteiger partial charge in [0, 0.05) is 19.0 Å². The Morgan fingerprint density at radius 3 is 2.57 bits per heavy atom. The number of carbonyl (C=O) groups is 2. The van der Waals surface area contributed by atoms with E-state index < -0.39 is 11.7 Å². The van der Waals surface area contributed by atoms with Crippen molar-refractivity contribution in [1.82, 2.24) is 4.90 Å². The van der Waals surface area contributed by atoms with Crippen LogP contribution in [0, 0.1) is 5.82 Å². The Bertz CT molecular complexity index is 808. The number of hydrogen-bond acceptors (Lipinski definition) is 4. The second-order valence-electron chi connectivity index (χ2n) is 5.44. The second-order valence-corrected chi connectivity index (χ2v) is 5.89. The van der Waals surface area contributed by atoms with Gasteiger partial charge in [0.25, 0.3) is 5.91 Å². The van der Waals surface area contributed by atoms with Gasteiger partial charge in [-0.05, 0) is 29.3 Å². The molecule has 2 heterocycles. The lowest BCUT2D eigenvalue weighted by molar-refractivity contribution is -0.138. The summed E-state index contributed by atoms with van der Waals surface area (Å²) in [6.07, 6.45) is 2.15. The molecule has 1 saturated heterocycles. The van der Waals surface area contributed by atoms with Crippen LogP contribution < -0.4 is 0 Å². The van der Waals surface area contributed by atoms with Gasteiger partial charge in [0.1, 0.15) is 11.6 Å². The van der Waals surface area contributed by atoms with E-state index in [0.717, 1.165) is 11.1 Å². The number of rotatable bonds is 3. The van der Waals surface area contributed by atoms with Crippen LogP contribution >= 0.6 is 12.6 Å². The van der Waals surface area contributed by atoms with Crippen molar-refractivity contribution < 1.29 is 18.4 Å². The number of likely N-dealkylation sites (tertiary alicyclic amines) is 1. The maximum atomic E-state index is 12.9. The molecule has 3 rings (SSSR count). The maximum Gasteiger partial charge on any atom is 0.294 e. The molecule has 0 aliphatic carbocycles. The number of hydrogen-bond donors (Lipinski definition) is 1. The Morgan fingerprint density at radius 1 is 1.26 bits per heavy atom. The molecule has 1 aliphatic heterocycles. The number of halogens is 1. The number of amides is 1. The quantitative estimate of drug-likeness (QED) is 0.534. The normalized spacial score (nSPS) is 17.1. The molecule has 6 heteroatoms. The first-order chi connectivity index (χ1) is 11.0. The highest BCUT2D eigenvalue weighted by Gasteiger charge is 2.34. The van der Waals surface area contributed by atoms with Gasteiger partial charge in [-0.25, -0.2) is 4.39 Å². The number of likely N-dealkylation sites (N-methyl/N-ethyl adjacent to an activating group) is 1. The van der Waals surface area contributed by atoms with Crippen LogP contribution in [0.5, 0.6) is 0 Å². The molecule has 1 aliphatic rings. The van der Waals surface area contributed by atoms with Gasteiger partial charge in [0.2, 0.25) is 5.78 Å². The highest BCUT2D eigenvalue weighted by Crippen LogP contribution is 2.29. The highest BCUT2D eigenvalue weighted by molar-refractivity contribution is 7.90. The molecule has 0 radical (unpaired) electrons. The van der Waals surface area contributed by atoms with Gasteiger partial charge in [0.15, 0.2) is 0 Å². The molecule has 0 spiro atoms. The number of nitrogens with zero attached hydrogens (tertiary/aromatic N) is 1. The minimum Gasteiger partial charge on any atom is -0.464 e. The lowest BCUT2D eigenvalue weighted by atomic mass is 10.1. The second kappa shape index (κ2) is 6.04. The zero-order chi connectivity index (χ0) is 16.6. The van der Waals surface area contributed by atoms with Crippen LogP contribution in [0.1, 0.15) is 16.9 Å². The van der Waals surface area contributed by atoms with Crippen molar-refractivity contribution >= 4 is 29.2 Å². The average molecular weight is 331 g/mol. The largest absolute Gasteiger partial charge is 0.464 e. The van der Waals surface area contributed by atoms with Crippen molar-refractivity contribution in [2.45, 2.75) is 6.42 Å². The van der Waals surface area contributed by atoms with Crippen molar-refractivity contribution in [1.29, 1.82) is 0 Å². The van der Waals surface area contributed by atoms with Crippen LogP contribution in [0.15, 0.2) is 46.6 Å². The van der Waals surface area contributed by atoms with E-state index in [2.05, 4.69) is 12.6 Å². The minimum absolute atomic E-state index is 0.227. The summed E-state index contributed by atoms with van der Waals surface area (Å²) >= 11 is 4.34. The van der Waals surface area contributed by atoms with E-state index in [1.165, 1.54) is 17.0 Å². The lowest BCUT2D eigenvalue weighted by Gasteiger charge is -2.03. The molecule has 1 fully saturated rings. The van der Waals surface area contributed by atoms with E-state index in [-0.39, 0.29) is 12.4 Å². The van der Waals surface area contributed by atoms with Crippen LogP contribution in [0.4, 0.5) is 4.39 Å². The molecule has 1 aromatic heterocycles. The molecule has 0 N–H and O–H groups in total. The van der Waals surface area contributed by atoms with Crippen molar-refractivity contribution in [3.05, 3.63) is 64.9 Å². The highest BCUT2D eigenvalue weighted by atomic mass is 32.1. The van der Waals surface area contributed by atoms with Crippen molar-refractivity contribution in [2.24, 2.45) is 0 Å². The summed E-state index contributed by atoms with van der Waals surface area (Å²) in [4.78, 5) is 25.2. The average Bonchev–Trinajstić information content (AvgIpc) is 3.10. The molecule has 1 aromatic carbocycles. The van der Waals surface area contributed by atoms with Gasteiger partial charge < -0.3 is 9.32 Å². The fourth-order valence-corrected chi connectivity index (χ4v) is 2.73. The van der Waals surface area contributed by atoms with E-state index >= 15 is 0 Å². The molecule has 4 nitrogen and oxygen atoms in total. The van der Waals surface area contributed by atoms with Gasteiger partial charge in [0.05, 0.1) is 17.7 Å². The Hall–Kier alpha value is -2.34. The lowest BCUT2D eigenvalue weighted by Crippen LogP contribution is -2.22. The van der Waals surface area contributed by atoms with Crippen LogP contribution in [0.2, 0.25) is 0 Å². The van der Waals surface area contributed by atoms with Crippen LogP contribution in [0.25, 0.3) is 4.91 Å². The van der Waals surface area contributed by atoms with Gasteiger partial charge in [-0.15, -0.1) is 12.6 Å². The van der Waals surface area contributed by atoms with Gasteiger partial charge in [-0.2, -0.15) is 0 Å². The number of thiol groups is 1. The molecular weight excluding hydrogens is 317 g/mol. The van der Waals surface area contributed by atoms with Gasteiger partial charge in [-0.3, -0.25) is 9.59 Å². The first kappa shape index (κ1) is 15.6. The number of benzene rings is 1. The summed E-state index contributed by atoms with van der Waals surface area (Å²) in [6.45, 7) is 0.227. The number of ketones is 1. The summed E-state index contributed by atoms with van der Waals surface area (Å²) in [5.41, 5.74) is 2.16. The van der Waals surface area contributed by atoms with Crippen LogP contribution in [-0.2, 0) is 16.0 Å². The molecule has 0 saturated carbocycles. The van der Waals surface area contributed by atoms with Gasteiger partial charge >= 0.3 is 0 Å². The summed E-state index contributed by atoms with van der Waals surface area (Å²) in [5.74, 6) is -0.923. The molecule has 0 unspecified atom stereocenters. The van der Waals surface area contributed by atoms with Gasteiger partial charge in [-0.1, -0.05) is 12.1 Å². The van der Waals surface area contributed by atoms with E-state index in [1.54, 1.807) is 31.5 Å². The first-order valence-electron chi connectivity index (χ1n) is 7.00. The Morgan fingerprint density at radius 2 is 1.96 bits per heavy atom. The monoisotopic (exact) mass is 331 g/mol. The van der Waals surface area contributed by atoms with E-state index in [9.17, 15) is 14.0 Å². The van der Waals surface area contributed by atoms with Crippen LogP contribution in [-0.4, -0.2) is 30.2 Å². The third-order valence-corrected chi connectivity index (χ3v) is 4.20. The Kier molecular flexibility index (Phi) is 4.09. The summed E-state index contributed by atoms with van der Waals surface area (Å²) in [6, 6.07) is 7.99. The van der Waals surface area contributed by atoms with Crippen molar-refractivity contribution in [3.63, 3.8) is 0 Å². The molecule has 2 aromatic rings. The Balaban J connectivity index is 1.83. The van der Waals surface area contributed by atoms with Crippen LogP contribution in [0.3, 0.4) is 0 Å². The number of carbonyl (C=O) groups excluding carboxylic acids is 2. The first-order valence-corrected chi connectivity index (χ1v) is 7.44. The number of Topliss-reactive ketones (excluding diaryl/α,β-unsaturated/α-hetero) is 1. The van der Waals surface area contributed by atoms with E-state index in [1.807, 2.05) is 0 Å². The molecular formula is C17H14FNO3S. The zero-order valence-electron chi connectivity index (χ0n) is 12.4. The predicted octanol–water partition coefficient (Wildman–Crippen LogP) is 2.69.